The summed E-state index contributed by atoms with van der Waals surface area (Å²) in [6.45, 7) is 0.741. The number of nitrogens with two attached hydrogens (primary N) is 1. The number of amides is 1. The molecule has 0 saturated heterocycles. The Bertz CT molecular complexity index is 643. The summed E-state index contributed by atoms with van der Waals surface area (Å²) in [5, 5.41) is 3.48. The number of anilines is 1. The van der Waals surface area contributed by atoms with E-state index in [0.29, 0.717) is 12.3 Å². The Labute approximate surface area is 130 Å². The third kappa shape index (κ3) is 3.24. The van der Waals surface area contributed by atoms with Crippen molar-refractivity contribution in [2.45, 2.75) is 50.9 Å². The Morgan fingerprint density at radius 1 is 1.32 bits per heavy atom. The predicted octanol–water partition coefficient (Wildman–Crippen LogP) is 3.06. The number of hydrogen-bond acceptors (Lipinski definition) is 3. The van der Waals surface area contributed by atoms with Gasteiger partial charge in [-0.15, -0.1) is 0 Å². The smallest absolute Gasteiger partial charge is 0.217 e. The molecule has 1 amide bonds. The highest BCUT2D eigenvalue weighted by molar-refractivity contribution is 5.73. The van der Waals surface area contributed by atoms with E-state index in [1.54, 1.807) is 0 Å². The summed E-state index contributed by atoms with van der Waals surface area (Å²) in [4.78, 5) is 15.7. The maximum Gasteiger partial charge on any atom is 0.217 e. The van der Waals surface area contributed by atoms with Gasteiger partial charge in [0, 0.05) is 25.1 Å². The number of nitrogens with one attached hydrogen (secondary N) is 1. The van der Waals surface area contributed by atoms with Crippen molar-refractivity contribution in [3.05, 3.63) is 30.1 Å². The van der Waals surface area contributed by atoms with Crippen LogP contribution in [-0.4, -0.2) is 21.8 Å². The molecule has 0 atom stereocenters. The molecule has 1 aliphatic carbocycles. The Morgan fingerprint density at radius 3 is 2.91 bits per heavy atom. The lowest BCUT2D eigenvalue weighted by Gasteiger charge is -2.21. The van der Waals surface area contributed by atoms with Gasteiger partial charge in [-0.2, -0.15) is 0 Å². The van der Waals surface area contributed by atoms with Crippen LogP contribution in [0, 0.1) is 0 Å². The highest BCUT2D eigenvalue weighted by Crippen LogP contribution is 2.36. The van der Waals surface area contributed by atoms with E-state index in [1.807, 2.05) is 24.4 Å². The number of carbonyl (C=O) groups is 1. The fourth-order valence-corrected chi connectivity index (χ4v) is 3.32. The van der Waals surface area contributed by atoms with Crippen molar-refractivity contribution in [3.8, 4) is 0 Å². The van der Waals surface area contributed by atoms with Gasteiger partial charge in [-0.1, -0.05) is 25.3 Å². The molecule has 3 N–H and O–H groups in total. The molecule has 0 bridgehead atoms. The number of fused-ring (bicyclic) bond motifs is 1. The van der Waals surface area contributed by atoms with E-state index in [2.05, 4.69) is 9.72 Å². The normalized spacial score (nSPS) is 16.0. The Balaban J connectivity index is 1.82. The molecule has 118 valence electrons. The maximum atomic E-state index is 10.9. The van der Waals surface area contributed by atoms with Crippen LogP contribution in [-0.2, 0) is 4.79 Å². The van der Waals surface area contributed by atoms with Crippen LogP contribution in [0.2, 0.25) is 0 Å². The first-order valence-corrected chi connectivity index (χ1v) is 8.25. The second-order valence-electron chi connectivity index (χ2n) is 6.11. The monoisotopic (exact) mass is 300 g/mol. The Hall–Kier alpha value is -2.04. The van der Waals surface area contributed by atoms with E-state index in [0.717, 1.165) is 24.4 Å². The van der Waals surface area contributed by atoms with Crippen LogP contribution in [0.3, 0.4) is 0 Å². The topological polar surface area (TPSA) is 72.4 Å². The lowest BCUT2D eigenvalue weighted by Crippen LogP contribution is -2.14. The number of imidazole rings is 1. The minimum absolute atomic E-state index is 0.243. The maximum absolute atomic E-state index is 10.9. The van der Waals surface area contributed by atoms with Crippen LogP contribution < -0.4 is 11.1 Å². The lowest BCUT2D eigenvalue weighted by atomic mass is 9.87. The molecular weight excluding hydrogens is 276 g/mol. The molecule has 22 heavy (non-hydrogen) atoms. The lowest BCUT2D eigenvalue weighted by molar-refractivity contribution is -0.118. The Kier molecular flexibility index (Phi) is 4.61. The molecule has 0 spiro atoms. The summed E-state index contributed by atoms with van der Waals surface area (Å²) in [5.74, 6) is 1.40. The molecule has 0 aliphatic heterocycles. The van der Waals surface area contributed by atoms with Gasteiger partial charge < -0.3 is 11.1 Å². The first-order chi connectivity index (χ1) is 10.8. The summed E-state index contributed by atoms with van der Waals surface area (Å²) in [6, 6.07) is 6.08. The molecule has 2 heterocycles. The summed E-state index contributed by atoms with van der Waals surface area (Å²) >= 11 is 0. The number of pyridine rings is 1. The van der Waals surface area contributed by atoms with Crippen LogP contribution in [0.15, 0.2) is 24.4 Å². The first kappa shape index (κ1) is 14.9. The fraction of sp³-hybridized carbons (Fsp3) is 0.529. The standard InChI is InChI=1S/C17H24N4O/c18-14(22)9-6-11-19-17-16(13-7-2-1-3-8-13)20-15-10-4-5-12-21(15)17/h4-5,10,12-13,19H,1-3,6-9,11H2,(H2,18,22). The number of carbonyl (C=O) groups excluding carboxylic acids is 1. The van der Waals surface area contributed by atoms with E-state index in [9.17, 15) is 4.79 Å². The summed E-state index contributed by atoms with van der Waals surface area (Å²) in [6.07, 6.45) is 9.58. The second kappa shape index (κ2) is 6.81. The number of hydrogen-bond donors (Lipinski definition) is 2. The average molecular weight is 300 g/mol. The molecule has 2 aromatic rings. The van der Waals surface area contributed by atoms with Gasteiger partial charge in [0.1, 0.15) is 11.5 Å². The van der Waals surface area contributed by atoms with Gasteiger partial charge in [0.2, 0.25) is 5.91 Å². The van der Waals surface area contributed by atoms with Gasteiger partial charge >= 0.3 is 0 Å². The Morgan fingerprint density at radius 2 is 2.14 bits per heavy atom. The van der Waals surface area contributed by atoms with Crippen molar-refractivity contribution >= 4 is 17.4 Å². The molecule has 3 rings (SSSR count). The quantitative estimate of drug-likeness (QED) is 0.805. The van der Waals surface area contributed by atoms with Gasteiger partial charge in [0.15, 0.2) is 0 Å². The van der Waals surface area contributed by atoms with Crippen LogP contribution in [0.5, 0.6) is 0 Å². The number of nitrogens with zero attached hydrogens (tertiary/aromatic N) is 2. The summed E-state index contributed by atoms with van der Waals surface area (Å²) in [7, 11) is 0. The number of primary amides is 1. The predicted molar refractivity (Wildman–Crippen MR) is 87.9 cm³/mol. The molecule has 0 unspecified atom stereocenters. The van der Waals surface area contributed by atoms with E-state index < -0.39 is 0 Å². The van der Waals surface area contributed by atoms with Crippen LogP contribution >= 0.6 is 0 Å². The average Bonchev–Trinajstić information content (AvgIpc) is 2.91. The third-order valence-electron chi connectivity index (χ3n) is 4.44. The summed E-state index contributed by atoms with van der Waals surface area (Å²) < 4.78 is 2.12. The van der Waals surface area contributed by atoms with E-state index in [4.69, 9.17) is 10.7 Å². The van der Waals surface area contributed by atoms with Crippen molar-refractivity contribution in [2.75, 3.05) is 11.9 Å². The largest absolute Gasteiger partial charge is 0.370 e. The molecular formula is C17H24N4O. The minimum atomic E-state index is -0.243. The molecule has 1 aliphatic rings. The zero-order valence-corrected chi connectivity index (χ0v) is 12.9. The van der Waals surface area contributed by atoms with Gasteiger partial charge in [-0.25, -0.2) is 4.98 Å². The van der Waals surface area contributed by atoms with Crippen molar-refractivity contribution < 1.29 is 4.79 Å². The third-order valence-corrected chi connectivity index (χ3v) is 4.44. The molecule has 1 fully saturated rings. The van der Waals surface area contributed by atoms with Crippen molar-refractivity contribution in [3.63, 3.8) is 0 Å². The van der Waals surface area contributed by atoms with Crippen LogP contribution in [0.4, 0.5) is 5.82 Å². The molecule has 0 aromatic carbocycles. The van der Waals surface area contributed by atoms with E-state index in [1.165, 1.54) is 37.8 Å². The second-order valence-corrected chi connectivity index (χ2v) is 6.11. The highest BCUT2D eigenvalue weighted by Gasteiger charge is 2.23. The first-order valence-electron chi connectivity index (χ1n) is 8.25. The number of aromatic nitrogens is 2. The van der Waals surface area contributed by atoms with Crippen LogP contribution in [0.1, 0.15) is 56.6 Å². The number of rotatable bonds is 6. The van der Waals surface area contributed by atoms with Gasteiger partial charge in [-0.05, 0) is 31.4 Å². The van der Waals surface area contributed by atoms with Crippen molar-refractivity contribution in [1.82, 2.24) is 9.38 Å². The van der Waals surface area contributed by atoms with Crippen molar-refractivity contribution in [2.24, 2.45) is 5.73 Å². The molecule has 2 aromatic heterocycles. The zero-order chi connectivity index (χ0) is 15.4. The van der Waals surface area contributed by atoms with E-state index >= 15 is 0 Å². The van der Waals surface area contributed by atoms with Gasteiger partial charge in [-0.3, -0.25) is 9.20 Å². The molecule has 1 saturated carbocycles. The SMILES string of the molecule is NC(=O)CCCNc1c(C2CCCCC2)nc2ccccn12. The van der Waals surface area contributed by atoms with Crippen LogP contribution in [0.25, 0.3) is 5.65 Å². The van der Waals surface area contributed by atoms with Crippen molar-refractivity contribution in [1.29, 1.82) is 0 Å². The van der Waals surface area contributed by atoms with Gasteiger partial charge in [0.25, 0.3) is 0 Å². The summed E-state index contributed by atoms with van der Waals surface area (Å²) in [5.41, 5.74) is 7.38. The molecule has 5 heteroatoms. The van der Waals surface area contributed by atoms with Gasteiger partial charge in [0.05, 0.1) is 5.69 Å². The molecule has 5 nitrogen and oxygen atoms in total. The molecule has 0 radical (unpaired) electrons. The van der Waals surface area contributed by atoms with E-state index in [-0.39, 0.29) is 5.91 Å². The fourth-order valence-electron chi connectivity index (χ4n) is 3.32. The minimum Gasteiger partial charge on any atom is -0.370 e. The zero-order valence-electron chi connectivity index (χ0n) is 12.9. The highest BCUT2D eigenvalue weighted by atomic mass is 16.1.